The van der Waals surface area contributed by atoms with Crippen molar-refractivity contribution < 1.29 is 23.1 Å². The van der Waals surface area contributed by atoms with Crippen molar-refractivity contribution in [3.05, 3.63) is 35.7 Å². The fourth-order valence-electron chi connectivity index (χ4n) is 1.70. The Hall–Kier alpha value is -2.31. The summed E-state index contributed by atoms with van der Waals surface area (Å²) in [6, 6.07) is 2.96. The number of halogens is 2. The number of aryl methyl sites for hydroxylation is 1. The predicted octanol–water partition coefficient (Wildman–Crippen LogP) is 2.81. The number of benzene rings is 1. The van der Waals surface area contributed by atoms with E-state index in [4.69, 9.17) is 9.52 Å². The van der Waals surface area contributed by atoms with Crippen molar-refractivity contribution in [2.75, 3.05) is 0 Å². The average Bonchev–Trinajstić information content (AvgIpc) is 2.82. The standard InChI is InChI=1S/C13H12F2N2O3/c14-9-5-8(6-10(15)7-9)13-17-16-11(20-13)3-1-2-4-12(18)19/h5-7H,1-4H2,(H,18,19). The average molecular weight is 282 g/mol. The van der Waals surface area contributed by atoms with Gasteiger partial charge in [0.1, 0.15) is 11.6 Å². The SMILES string of the molecule is O=C(O)CCCCc1nnc(-c2cc(F)cc(F)c2)o1. The number of carboxylic acids is 1. The molecule has 0 aliphatic carbocycles. The summed E-state index contributed by atoms with van der Waals surface area (Å²) in [5, 5.41) is 16.0. The molecule has 1 aromatic carbocycles. The summed E-state index contributed by atoms with van der Waals surface area (Å²) in [7, 11) is 0. The van der Waals surface area contributed by atoms with Gasteiger partial charge in [0.2, 0.25) is 11.8 Å². The number of nitrogens with zero attached hydrogens (tertiary/aromatic N) is 2. The third kappa shape index (κ3) is 3.84. The summed E-state index contributed by atoms with van der Waals surface area (Å²) < 4.78 is 31.4. The van der Waals surface area contributed by atoms with Gasteiger partial charge in [-0.3, -0.25) is 4.79 Å². The van der Waals surface area contributed by atoms with Crippen LogP contribution in [0.15, 0.2) is 22.6 Å². The molecule has 2 rings (SSSR count). The Kier molecular flexibility index (Phi) is 4.39. The van der Waals surface area contributed by atoms with Gasteiger partial charge in [0.25, 0.3) is 0 Å². The van der Waals surface area contributed by atoms with Gasteiger partial charge >= 0.3 is 5.97 Å². The van der Waals surface area contributed by atoms with Gasteiger partial charge in [0, 0.05) is 24.5 Å². The quantitative estimate of drug-likeness (QED) is 0.824. The molecule has 106 valence electrons. The van der Waals surface area contributed by atoms with Gasteiger partial charge in [-0.05, 0) is 25.0 Å². The third-order valence-corrected chi connectivity index (χ3v) is 2.61. The maximum atomic E-state index is 13.1. The zero-order valence-corrected chi connectivity index (χ0v) is 10.5. The summed E-state index contributed by atoms with van der Waals surface area (Å²) in [6.07, 6.45) is 1.60. The van der Waals surface area contributed by atoms with E-state index in [1.807, 2.05) is 0 Å². The molecule has 0 saturated heterocycles. The molecule has 7 heteroatoms. The highest BCUT2D eigenvalue weighted by Crippen LogP contribution is 2.21. The molecule has 0 radical (unpaired) electrons. The van der Waals surface area contributed by atoms with Crippen LogP contribution >= 0.6 is 0 Å². The van der Waals surface area contributed by atoms with Gasteiger partial charge in [0.05, 0.1) is 0 Å². The Balaban J connectivity index is 1.99. The van der Waals surface area contributed by atoms with Crippen molar-refractivity contribution in [1.29, 1.82) is 0 Å². The zero-order chi connectivity index (χ0) is 14.5. The van der Waals surface area contributed by atoms with Crippen molar-refractivity contribution in [1.82, 2.24) is 10.2 Å². The number of carboxylic acid groups (broad SMARTS) is 1. The number of aliphatic carboxylic acids is 1. The second-order valence-corrected chi connectivity index (χ2v) is 4.26. The molecule has 0 saturated carbocycles. The fourth-order valence-corrected chi connectivity index (χ4v) is 1.70. The molecule has 0 bridgehead atoms. The summed E-state index contributed by atoms with van der Waals surface area (Å²) >= 11 is 0. The minimum absolute atomic E-state index is 0.0386. The Morgan fingerprint density at radius 1 is 1.15 bits per heavy atom. The lowest BCUT2D eigenvalue weighted by atomic mass is 10.2. The topological polar surface area (TPSA) is 76.2 Å². The van der Waals surface area contributed by atoms with Gasteiger partial charge in [-0.2, -0.15) is 0 Å². The molecule has 20 heavy (non-hydrogen) atoms. The molecular formula is C13H12F2N2O3. The molecule has 5 nitrogen and oxygen atoms in total. The number of aromatic nitrogens is 2. The largest absolute Gasteiger partial charge is 0.481 e. The molecule has 0 atom stereocenters. The molecule has 1 N–H and O–H groups in total. The predicted molar refractivity (Wildman–Crippen MR) is 64.8 cm³/mol. The van der Waals surface area contributed by atoms with E-state index < -0.39 is 17.6 Å². The second-order valence-electron chi connectivity index (χ2n) is 4.26. The van der Waals surface area contributed by atoms with Gasteiger partial charge < -0.3 is 9.52 Å². The van der Waals surface area contributed by atoms with Crippen LogP contribution in [0.4, 0.5) is 8.78 Å². The zero-order valence-electron chi connectivity index (χ0n) is 10.5. The summed E-state index contributed by atoms with van der Waals surface area (Å²) in [5.41, 5.74) is 0.173. The van der Waals surface area contributed by atoms with Gasteiger partial charge in [-0.1, -0.05) is 0 Å². The minimum Gasteiger partial charge on any atom is -0.481 e. The van der Waals surface area contributed by atoms with Gasteiger partial charge in [0.15, 0.2) is 0 Å². The van der Waals surface area contributed by atoms with E-state index >= 15 is 0 Å². The van der Waals surface area contributed by atoms with E-state index in [-0.39, 0.29) is 17.9 Å². The molecule has 0 spiro atoms. The van der Waals surface area contributed by atoms with Crippen LogP contribution in [0.25, 0.3) is 11.5 Å². The summed E-state index contributed by atoms with van der Waals surface area (Å²) in [5.74, 6) is -1.94. The second kappa shape index (κ2) is 6.23. The normalized spacial score (nSPS) is 10.7. The first-order valence-electron chi connectivity index (χ1n) is 6.05. The summed E-state index contributed by atoms with van der Waals surface area (Å²) in [6.45, 7) is 0. The van der Waals surface area contributed by atoms with Crippen LogP contribution in [-0.4, -0.2) is 21.3 Å². The Morgan fingerprint density at radius 2 is 1.85 bits per heavy atom. The van der Waals surface area contributed by atoms with E-state index in [1.54, 1.807) is 0 Å². The molecule has 1 aromatic heterocycles. The number of carbonyl (C=O) groups is 1. The lowest BCUT2D eigenvalue weighted by Gasteiger charge is -1.96. The van der Waals surface area contributed by atoms with Gasteiger partial charge in [-0.25, -0.2) is 8.78 Å². The molecule has 0 unspecified atom stereocenters. The number of hydrogen-bond donors (Lipinski definition) is 1. The van der Waals surface area contributed by atoms with E-state index in [0.29, 0.717) is 25.2 Å². The van der Waals surface area contributed by atoms with Crippen LogP contribution < -0.4 is 0 Å². The smallest absolute Gasteiger partial charge is 0.303 e. The van der Waals surface area contributed by atoms with Crippen LogP contribution in [0.1, 0.15) is 25.2 Å². The van der Waals surface area contributed by atoms with Crippen molar-refractivity contribution in [2.45, 2.75) is 25.7 Å². The summed E-state index contributed by atoms with van der Waals surface area (Å²) in [4.78, 5) is 10.3. The molecule has 0 fully saturated rings. The number of hydrogen-bond acceptors (Lipinski definition) is 4. The van der Waals surface area contributed by atoms with Gasteiger partial charge in [-0.15, -0.1) is 10.2 Å². The molecular weight excluding hydrogens is 270 g/mol. The Bertz CT molecular complexity index is 593. The van der Waals surface area contributed by atoms with Crippen molar-refractivity contribution >= 4 is 5.97 Å². The maximum absolute atomic E-state index is 13.1. The van der Waals surface area contributed by atoms with E-state index in [1.165, 1.54) is 0 Å². The third-order valence-electron chi connectivity index (χ3n) is 2.61. The lowest BCUT2D eigenvalue weighted by Crippen LogP contribution is -1.95. The van der Waals surface area contributed by atoms with Crippen LogP contribution in [0.5, 0.6) is 0 Å². The maximum Gasteiger partial charge on any atom is 0.303 e. The molecule has 2 aromatic rings. The molecule has 1 heterocycles. The van der Waals surface area contributed by atoms with E-state index in [9.17, 15) is 13.6 Å². The van der Waals surface area contributed by atoms with Crippen LogP contribution in [0.2, 0.25) is 0 Å². The van der Waals surface area contributed by atoms with Crippen LogP contribution in [0.3, 0.4) is 0 Å². The fraction of sp³-hybridized carbons (Fsp3) is 0.308. The van der Waals surface area contributed by atoms with Crippen molar-refractivity contribution in [2.24, 2.45) is 0 Å². The van der Waals surface area contributed by atoms with Crippen LogP contribution in [0, 0.1) is 11.6 Å². The highest BCUT2D eigenvalue weighted by atomic mass is 19.1. The molecule has 0 aliphatic rings. The first-order valence-corrected chi connectivity index (χ1v) is 6.05. The highest BCUT2D eigenvalue weighted by Gasteiger charge is 2.11. The molecule has 0 aliphatic heterocycles. The molecule has 0 amide bonds. The first-order chi connectivity index (χ1) is 9.54. The van der Waals surface area contributed by atoms with Crippen molar-refractivity contribution in [3.63, 3.8) is 0 Å². The lowest BCUT2D eigenvalue weighted by molar-refractivity contribution is -0.137. The van der Waals surface area contributed by atoms with E-state index in [0.717, 1.165) is 18.2 Å². The number of rotatable bonds is 6. The van der Waals surface area contributed by atoms with Crippen LogP contribution in [-0.2, 0) is 11.2 Å². The Labute approximate surface area is 113 Å². The van der Waals surface area contributed by atoms with Crippen molar-refractivity contribution in [3.8, 4) is 11.5 Å². The number of unbranched alkanes of at least 4 members (excludes halogenated alkanes) is 1. The Morgan fingerprint density at radius 3 is 2.50 bits per heavy atom. The monoisotopic (exact) mass is 282 g/mol. The van der Waals surface area contributed by atoms with E-state index in [2.05, 4.69) is 10.2 Å². The highest BCUT2D eigenvalue weighted by molar-refractivity contribution is 5.66. The first kappa shape index (κ1) is 14.1. The minimum atomic E-state index is -0.855.